The fourth-order valence-corrected chi connectivity index (χ4v) is 3.38. The highest BCUT2D eigenvalue weighted by Crippen LogP contribution is 2.21. The second-order valence-electron chi connectivity index (χ2n) is 6.73. The van der Waals surface area contributed by atoms with Gasteiger partial charge in [0.15, 0.2) is 0 Å². The molecule has 1 amide bonds. The number of aromatic nitrogens is 2. The van der Waals surface area contributed by atoms with Gasteiger partial charge >= 0.3 is 0 Å². The second kappa shape index (κ2) is 9.04. The predicted octanol–water partition coefficient (Wildman–Crippen LogP) is 4.56. The lowest BCUT2D eigenvalue weighted by Crippen LogP contribution is -2.15. The van der Waals surface area contributed by atoms with Crippen molar-refractivity contribution in [2.45, 2.75) is 33.9 Å². The first-order chi connectivity index (χ1) is 13.5. The maximum atomic E-state index is 12.9. The SMILES string of the molecule is CCNCc1cccc(NC(=O)c2c(C)nn(Cc3ccccc3Cl)c2C)c1. The molecule has 3 rings (SSSR count). The minimum Gasteiger partial charge on any atom is -0.322 e. The largest absolute Gasteiger partial charge is 0.322 e. The molecular formula is C22H25ClN4O. The molecule has 0 radical (unpaired) electrons. The molecule has 3 aromatic rings. The number of nitrogens with zero attached hydrogens (tertiary/aromatic N) is 2. The Bertz CT molecular complexity index is 980. The van der Waals surface area contributed by atoms with Crippen LogP contribution in [0.4, 0.5) is 5.69 Å². The molecular weight excluding hydrogens is 372 g/mol. The highest BCUT2D eigenvalue weighted by Gasteiger charge is 2.19. The fraction of sp³-hybridized carbons (Fsp3) is 0.273. The Hall–Kier alpha value is -2.63. The van der Waals surface area contributed by atoms with Crippen molar-refractivity contribution in [3.8, 4) is 0 Å². The molecule has 0 atom stereocenters. The van der Waals surface area contributed by atoms with E-state index in [2.05, 4.69) is 22.7 Å². The van der Waals surface area contributed by atoms with E-state index in [4.69, 9.17) is 11.6 Å². The lowest BCUT2D eigenvalue weighted by molar-refractivity contribution is 0.102. The van der Waals surface area contributed by atoms with Crippen LogP contribution in [0.3, 0.4) is 0 Å². The third-order valence-corrected chi connectivity index (χ3v) is 5.02. The lowest BCUT2D eigenvalue weighted by Gasteiger charge is -2.09. The van der Waals surface area contributed by atoms with E-state index in [1.807, 2.05) is 67.1 Å². The van der Waals surface area contributed by atoms with Gasteiger partial charge in [0.1, 0.15) is 0 Å². The van der Waals surface area contributed by atoms with E-state index in [-0.39, 0.29) is 5.91 Å². The van der Waals surface area contributed by atoms with E-state index >= 15 is 0 Å². The van der Waals surface area contributed by atoms with Gasteiger partial charge in [-0.25, -0.2) is 0 Å². The predicted molar refractivity (Wildman–Crippen MR) is 114 cm³/mol. The lowest BCUT2D eigenvalue weighted by atomic mass is 10.1. The van der Waals surface area contributed by atoms with Gasteiger partial charge in [0.05, 0.1) is 17.8 Å². The van der Waals surface area contributed by atoms with Crippen LogP contribution in [-0.2, 0) is 13.1 Å². The van der Waals surface area contributed by atoms with Crippen LogP contribution in [0.5, 0.6) is 0 Å². The van der Waals surface area contributed by atoms with E-state index in [1.54, 1.807) is 0 Å². The molecule has 1 aromatic heterocycles. The van der Waals surface area contributed by atoms with Crippen LogP contribution < -0.4 is 10.6 Å². The Morgan fingerprint density at radius 3 is 2.68 bits per heavy atom. The summed E-state index contributed by atoms with van der Waals surface area (Å²) in [6.07, 6.45) is 0. The molecule has 0 saturated heterocycles. The molecule has 0 bridgehead atoms. The standard InChI is InChI=1S/C22H25ClN4O/c1-4-24-13-17-8-7-10-19(12-17)25-22(28)21-15(2)26-27(16(21)3)14-18-9-5-6-11-20(18)23/h5-12,24H,4,13-14H2,1-3H3,(H,25,28). The van der Waals surface area contributed by atoms with Crippen LogP contribution in [0.15, 0.2) is 48.5 Å². The third-order valence-electron chi connectivity index (χ3n) is 4.65. The van der Waals surface area contributed by atoms with E-state index in [1.165, 1.54) is 0 Å². The minimum atomic E-state index is -0.152. The number of carbonyl (C=O) groups is 1. The summed E-state index contributed by atoms with van der Waals surface area (Å²) >= 11 is 6.27. The van der Waals surface area contributed by atoms with Crippen molar-refractivity contribution in [3.63, 3.8) is 0 Å². The first-order valence-corrected chi connectivity index (χ1v) is 9.75. The zero-order chi connectivity index (χ0) is 20.1. The molecule has 0 saturated carbocycles. The summed E-state index contributed by atoms with van der Waals surface area (Å²) < 4.78 is 1.83. The quantitative estimate of drug-likeness (QED) is 0.615. The molecule has 0 aliphatic rings. The average Bonchev–Trinajstić information content (AvgIpc) is 2.95. The molecule has 2 aromatic carbocycles. The maximum absolute atomic E-state index is 12.9. The number of rotatable bonds is 7. The highest BCUT2D eigenvalue weighted by molar-refractivity contribution is 6.31. The second-order valence-corrected chi connectivity index (χ2v) is 7.14. The van der Waals surface area contributed by atoms with Crippen LogP contribution >= 0.6 is 11.6 Å². The molecule has 0 unspecified atom stereocenters. The number of halogens is 1. The van der Waals surface area contributed by atoms with E-state index in [9.17, 15) is 4.79 Å². The third kappa shape index (κ3) is 4.61. The molecule has 5 nitrogen and oxygen atoms in total. The van der Waals surface area contributed by atoms with Crippen molar-refractivity contribution >= 4 is 23.2 Å². The Morgan fingerprint density at radius 1 is 1.14 bits per heavy atom. The number of carbonyl (C=O) groups excluding carboxylic acids is 1. The number of nitrogens with one attached hydrogen (secondary N) is 2. The Balaban J connectivity index is 1.79. The molecule has 0 fully saturated rings. The van der Waals surface area contributed by atoms with E-state index in [0.29, 0.717) is 22.8 Å². The highest BCUT2D eigenvalue weighted by atomic mass is 35.5. The summed E-state index contributed by atoms with van der Waals surface area (Å²) in [4.78, 5) is 12.9. The monoisotopic (exact) mass is 396 g/mol. The average molecular weight is 397 g/mol. The van der Waals surface area contributed by atoms with Gasteiger partial charge in [0.25, 0.3) is 5.91 Å². The smallest absolute Gasteiger partial charge is 0.259 e. The van der Waals surface area contributed by atoms with Crippen LogP contribution in [0, 0.1) is 13.8 Å². The van der Waals surface area contributed by atoms with Gasteiger partial charge in [0.2, 0.25) is 0 Å². The van der Waals surface area contributed by atoms with Crippen molar-refractivity contribution in [3.05, 3.63) is 81.6 Å². The van der Waals surface area contributed by atoms with Crippen molar-refractivity contribution < 1.29 is 4.79 Å². The van der Waals surface area contributed by atoms with Gasteiger partial charge in [0, 0.05) is 22.9 Å². The number of hydrogen-bond donors (Lipinski definition) is 2. The van der Waals surface area contributed by atoms with Crippen molar-refractivity contribution in [2.24, 2.45) is 0 Å². The zero-order valence-corrected chi connectivity index (χ0v) is 17.2. The van der Waals surface area contributed by atoms with Crippen LogP contribution in [-0.4, -0.2) is 22.2 Å². The molecule has 0 aliphatic carbocycles. The van der Waals surface area contributed by atoms with Crippen molar-refractivity contribution in [1.82, 2.24) is 15.1 Å². The maximum Gasteiger partial charge on any atom is 0.259 e. The number of benzene rings is 2. The van der Waals surface area contributed by atoms with Crippen LogP contribution in [0.2, 0.25) is 5.02 Å². The van der Waals surface area contributed by atoms with Crippen LogP contribution in [0.25, 0.3) is 0 Å². The van der Waals surface area contributed by atoms with Gasteiger partial charge < -0.3 is 10.6 Å². The Kier molecular flexibility index (Phi) is 6.49. The summed E-state index contributed by atoms with van der Waals surface area (Å²) in [5.41, 5.74) is 4.99. The number of amides is 1. The van der Waals surface area contributed by atoms with Gasteiger partial charge in [-0.05, 0) is 49.7 Å². The van der Waals surface area contributed by atoms with Gasteiger partial charge in [-0.1, -0.05) is 48.9 Å². The number of aryl methyl sites for hydroxylation is 1. The zero-order valence-electron chi connectivity index (χ0n) is 16.4. The van der Waals surface area contributed by atoms with Crippen LogP contribution in [0.1, 0.15) is 39.8 Å². The normalized spacial score (nSPS) is 10.9. The van der Waals surface area contributed by atoms with Gasteiger partial charge in [-0.3, -0.25) is 9.48 Å². The Morgan fingerprint density at radius 2 is 1.93 bits per heavy atom. The minimum absolute atomic E-state index is 0.152. The topological polar surface area (TPSA) is 58.9 Å². The molecule has 6 heteroatoms. The summed E-state index contributed by atoms with van der Waals surface area (Å²) in [7, 11) is 0. The Labute approximate surface area is 170 Å². The summed E-state index contributed by atoms with van der Waals surface area (Å²) in [5.74, 6) is -0.152. The van der Waals surface area contributed by atoms with E-state index in [0.717, 1.165) is 35.6 Å². The first-order valence-electron chi connectivity index (χ1n) is 9.38. The summed E-state index contributed by atoms with van der Waals surface area (Å²) in [5, 5.41) is 11.5. The molecule has 2 N–H and O–H groups in total. The summed E-state index contributed by atoms with van der Waals surface area (Å²) in [6.45, 7) is 8.03. The molecule has 0 spiro atoms. The van der Waals surface area contributed by atoms with Crippen molar-refractivity contribution in [1.29, 1.82) is 0 Å². The molecule has 28 heavy (non-hydrogen) atoms. The van der Waals surface area contributed by atoms with Gasteiger partial charge in [-0.2, -0.15) is 5.10 Å². The molecule has 1 heterocycles. The number of hydrogen-bond acceptors (Lipinski definition) is 3. The summed E-state index contributed by atoms with van der Waals surface area (Å²) in [6, 6.07) is 15.5. The number of anilines is 1. The molecule has 146 valence electrons. The first kappa shape index (κ1) is 20.1. The molecule has 0 aliphatic heterocycles. The van der Waals surface area contributed by atoms with Crippen molar-refractivity contribution in [2.75, 3.05) is 11.9 Å². The van der Waals surface area contributed by atoms with E-state index < -0.39 is 0 Å². The van der Waals surface area contributed by atoms with Gasteiger partial charge in [-0.15, -0.1) is 0 Å². The fourth-order valence-electron chi connectivity index (χ4n) is 3.19.